The number of hydrogen-bond acceptors (Lipinski definition) is 4. The zero-order chi connectivity index (χ0) is 26.3. The summed E-state index contributed by atoms with van der Waals surface area (Å²) in [6.07, 6.45) is 14.8. The standard InChI is InChI=1S/C31H42N4O2/c1-24-22-32-18-15-28(24)33-29(36)23-35-19-9-17-31(34(2)3,27-13-5-4-6-14-27)16-8-12-26(21-30(35)37)20-25-10-7-11-25/h4-6,13-15,18,21-22,25H,7-12,16-17,19-20,23H2,1-3H3,(H,32,33,36)/b26-21-/t31-/m1/s1. The van der Waals surface area contributed by atoms with Gasteiger partial charge in [0.1, 0.15) is 6.54 Å². The van der Waals surface area contributed by atoms with Crippen LogP contribution >= 0.6 is 0 Å². The number of hydrogen-bond donors (Lipinski definition) is 1. The first-order valence-electron chi connectivity index (χ1n) is 13.8. The first kappa shape index (κ1) is 27.1. The van der Waals surface area contributed by atoms with E-state index in [4.69, 9.17) is 0 Å². The van der Waals surface area contributed by atoms with Gasteiger partial charge in [-0.1, -0.05) is 55.2 Å². The van der Waals surface area contributed by atoms with Crippen molar-refractivity contribution in [1.82, 2.24) is 14.8 Å². The Morgan fingerprint density at radius 2 is 1.86 bits per heavy atom. The number of carbonyl (C=O) groups is 2. The summed E-state index contributed by atoms with van der Waals surface area (Å²) < 4.78 is 0. The predicted molar refractivity (Wildman–Crippen MR) is 149 cm³/mol. The fraction of sp³-hybridized carbons (Fsp3) is 0.516. The quantitative estimate of drug-likeness (QED) is 0.528. The number of carbonyl (C=O) groups excluding carboxylic acids is 2. The number of rotatable bonds is 7. The number of nitrogens with zero attached hydrogens (tertiary/aromatic N) is 3. The van der Waals surface area contributed by atoms with Crippen molar-refractivity contribution in [3.05, 3.63) is 71.6 Å². The summed E-state index contributed by atoms with van der Waals surface area (Å²) in [4.78, 5) is 34.7. The highest BCUT2D eigenvalue weighted by Crippen LogP contribution is 2.39. The number of benzene rings is 1. The van der Waals surface area contributed by atoms with Crippen molar-refractivity contribution >= 4 is 17.5 Å². The third kappa shape index (κ3) is 6.86. The van der Waals surface area contributed by atoms with E-state index in [0.29, 0.717) is 12.5 Å². The molecule has 1 saturated carbocycles. The molecule has 1 fully saturated rings. The van der Waals surface area contributed by atoms with Crippen molar-refractivity contribution in [3.63, 3.8) is 0 Å². The van der Waals surface area contributed by atoms with E-state index in [9.17, 15) is 9.59 Å². The molecule has 6 heteroatoms. The Labute approximate surface area is 222 Å². The van der Waals surface area contributed by atoms with Crippen LogP contribution in [0.3, 0.4) is 0 Å². The number of amides is 2. The van der Waals surface area contributed by atoms with E-state index in [1.807, 2.05) is 13.0 Å². The van der Waals surface area contributed by atoms with Crippen LogP contribution < -0.4 is 5.32 Å². The molecule has 4 rings (SSSR count). The number of allylic oxidation sites excluding steroid dienone is 1. The second kappa shape index (κ2) is 12.5. The molecule has 198 valence electrons. The monoisotopic (exact) mass is 502 g/mol. The Balaban J connectivity index is 1.57. The summed E-state index contributed by atoms with van der Waals surface area (Å²) in [5.74, 6) is 0.490. The van der Waals surface area contributed by atoms with Crippen molar-refractivity contribution in [2.45, 2.75) is 70.3 Å². The highest BCUT2D eigenvalue weighted by atomic mass is 16.2. The fourth-order valence-electron chi connectivity index (χ4n) is 5.85. The number of pyridine rings is 1. The SMILES string of the molecule is Cc1cnccc1NC(=O)CN1CCC[C@](c2ccccc2)(N(C)C)CCC/C(CC2CCC2)=C/C1=O. The Morgan fingerprint density at radius 1 is 1.11 bits per heavy atom. The van der Waals surface area contributed by atoms with Crippen molar-refractivity contribution in [3.8, 4) is 0 Å². The molecule has 0 saturated heterocycles. The van der Waals surface area contributed by atoms with Gasteiger partial charge in [0.2, 0.25) is 11.8 Å². The largest absolute Gasteiger partial charge is 0.330 e. The maximum atomic E-state index is 13.5. The van der Waals surface area contributed by atoms with E-state index < -0.39 is 0 Å². The lowest BCUT2D eigenvalue weighted by molar-refractivity contribution is -0.130. The lowest BCUT2D eigenvalue weighted by Crippen LogP contribution is -2.43. The molecule has 0 unspecified atom stereocenters. The summed E-state index contributed by atoms with van der Waals surface area (Å²) in [6, 6.07) is 12.6. The predicted octanol–water partition coefficient (Wildman–Crippen LogP) is 5.69. The van der Waals surface area contributed by atoms with Gasteiger partial charge in [-0.25, -0.2) is 0 Å². The topological polar surface area (TPSA) is 65.5 Å². The maximum Gasteiger partial charge on any atom is 0.246 e. The van der Waals surface area contributed by atoms with Gasteiger partial charge >= 0.3 is 0 Å². The molecule has 0 radical (unpaired) electrons. The number of aromatic nitrogens is 1. The van der Waals surface area contributed by atoms with E-state index in [0.717, 1.165) is 49.8 Å². The van der Waals surface area contributed by atoms with Crippen molar-refractivity contribution < 1.29 is 9.59 Å². The van der Waals surface area contributed by atoms with Gasteiger partial charge in [0.25, 0.3) is 0 Å². The van der Waals surface area contributed by atoms with Crippen LogP contribution in [0, 0.1) is 12.8 Å². The average Bonchev–Trinajstić information content (AvgIpc) is 2.88. The van der Waals surface area contributed by atoms with Gasteiger partial charge in [-0.3, -0.25) is 19.5 Å². The number of anilines is 1. The number of nitrogens with one attached hydrogen (secondary N) is 1. The zero-order valence-corrected chi connectivity index (χ0v) is 22.7. The Bertz CT molecular complexity index is 1090. The molecular weight excluding hydrogens is 460 g/mol. The van der Waals surface area contributed by atoms with Gasteiger partial charge in [0, 0.05) is 36.2 Å². The molecule has 1 aromatic heterocycles. The number of aryl methyl sites for hydroxylation is 1. The van der Waals surface area contributed by atoms with Crippen LogP contribution in [-0.2, 0) is 15.1 Å². The van der Waals surface area contributed by atoms with Gasteiger partial charge in [-0.15, -0.1) is 0 Å². The highest BCUT2D eigenvalue weighted by Gasteiger charge is 2.34. The molecule has 2 aromatic rings. The first-order chi connectivity index (χ1) is 17.9. The van der Waals surface area contributed by atoms with E-state index in [1.54, 1.807) is 23.4 Å². The summed E-state index contributed by atoms with van der Waals surface area (Å²) in [6.45, 7) is 2.52. The van der Waals surface area contributed by atoms with Crippen LogP contribution in [0.5, 0.6) is 0 Å². The van der Waals surface area contributed by atoms with Gasteiger partial charge < -0.3 is 10.2 Å². The molecule has 1 atom stereocenters. The smallest absolute Gasteiger partial charge is 0.246 e. The van der Waals surface area contributed by atoms with Crippen LogP contribution in [0.4, 0.5) is 5.69 Å². The minimum atomic E-state index is -0.173. The second-order valence-corrected chi connectivity index (χ2v) is 11.1. The van der Waals surface area contributed by atoms with Gasteiger partial charge in [0.05, 0.1) is 0 Å². The molecule has 6 nitrogen and oxygen atoms in total. The summed E-state index contributed by atoms with van der Waals surface area (Å²) in [5.41, 5.74) is 4.11. The molecule has 2 aliphatic rings. The van der Waals surface area contributed by atoms with Gasteiger partial charge in [0.15, 0.2) is 0 Å². The van der Waals surface area contributed by atoms with Crippen molar-refractivity contribution in [2.24, 2.45) is 5.92 Å². The Kier molecular flexibility index (Phi) is 9.14. The van der Waals surface area contributed by atoms with Crippen LogP contribution in [0.25, 0.3) is 0 Å². The third-order valence-corrected chi connectivity index (χ3v) is 8.32. The highest BCUT2D eigenvalue weighted by molar-refractivity contribution is 5.97. The molecule has 0 bridgehead atoms. The Hall–Kier alpha value is -2.99. The van der Waals surface area contributed by atoms with Crippen LogP contribution in [0.1, 0.15) is 68.9 Å². The minimum Gasteiger partial charge on any atom is -0.330 e. The Morgan fingerprint density at radius 3 is 2.54 bits per heavy atom. The van der Waals surface area contributed by atoms with E-state index in [1.165, 1.54) is 30.4 Å². The second-order valence-electron chi connectivity index (χ2n) is 11.1. The van der Waals surface area contributed by atoms with E-state index in [2.05, 4.69) is 59.6 Å². The normalized spacial score (nSPS) is 23.1. The van der Waals surface area contributed by atoms with Crippen LogP contribution in [-0.4, -0.2) is 53.8 Å². The molecule has 1 aliphatic carbocycles. The summed E-state index contributed by atoms with van der Waals surface area (Å²) in [7, 11) is 4.34. The molecule has 2 amide bonds. The van der Waals surface area contributed by atoms with Gasteiger partial charge in [-0.05, 0) is 82.7 Å². The molecule has 1 aromatic carbocycles. The van der Waals surface area contributed by atoms with Gasteiger partial charge in [-0.2, -0.15) is 0 Å². The van der Waals surface area contributed by atoms with E-state index >= 15 is 0 Å². The van der Waals surface area contributed by atoms with Crippen molar-refractivity contribution in [1.29, 1.82) is 0 Å². The van der Waals surface area contributed by atoms with E-state index in [-0.39, 0.29) is 23.9 Å². The van der Waals surface area contributed by atoms with Crippen LogP contribution in [0.15, 0.2) is 60.4 Å². The zero-order valence-electron chi connectivity index (χ0n) is 22.7. The molecule has 37 heavy (non-hydrogen) atoms. The third-order valence-electron chi connectivity index (χ3n) is 8.32. The fourth-order valence-corrected chi connectivity index (χ4v) is 5.85. The lowest BCUT2D eigenvalue weighted by atomic mass is 9.77. The first-order valence-corrected chi connectivity index (χ1v) is 13.8. The molecule has 1 N–H and O–H groups in total. The summed E-state index contributed by atoms with van der Waals surface area (Å²) in [5, 5.41) is 2.97. The lowest BCUT2D eigenvalue weighted by Gasteiger charge is -2.41. The molecule has 0 spiro atoms. The molecular formula is C31H42N4O2. The summed E-state index contributed by atoms with van der Waals surface area (Å²) >= 11 is 0. The molecule has 1 aliphatic heterocycles. The molecule has 2 heterocycles. The minimum absolute atomic E-state index is 0.0343. The average molecular weight is 503 g/mol. The van der Waals surface area contributed by atoms with Crippen LogP contribution in [0.2, 0.25) is 0 Å². The maximum absolute atomic E-state index is 13.5. The van der Waals surface area contributed by atoms with Crippen molar-refractivity contribution in [2.75, 3.05) is 32.5 Å².